The Balaban J connectivity index is 1.44. The lowest BCUT2D eigenvalue weighted by Crippen LogP contribution is -2.47. The Morgan fingerprint density at radius 3 is 2.88 bits per heavy atom. The molecule has 2 amide bonds. The number of morpholine rings is 1. The zero-order valence-electron chi connectivity index (χ0n) is 14.7. The van der Waals surface area contributed by atoms with Crippen molar-refractivity contribution in [2.45, 2.75) is 19.6 Å². The summed E-state index contributed by atoms with van der Waals surface area (Å²) in [7, 11) is 1.80. The van der Waals surface area contributed by atoms with Crippen LogP contribution in [0.2, 0.25) is 0 Å². The van der Waals surface area contributed by atoms with Gasteiger partial charge in [0.2, 0.25) is 0 Å². The molecule has 0 aliphatic carbocycles. The molecule has 0 radical (unpaired) electrons. The Morgan fingerprint density at radius 1 is 1.36 bits per heavy atom. The zero-order valence-corrected chi connectivity index (χ0v) is 14.7. The van der Waals surface area contributed by atoms with E-state index in [1.54, 1.807) is 11.7 Å². The van der Waals surface area contributed by atoms with Crippen LogP contribution >= 0.6 is 0 Å². The zero-order chi connectivity index (χ0) is 17.6. The summed E-state index contributed by atoms with van der Waals surface area (Å²) in [5, 5.41) is 9.89. The van der Waals surface area contributed by atoms with Crippen molar-refractivity contribution < 1.29 is 9.53 Å². The molecule has 25 heavy (non-hydrogen) atoms. The highest BCUT2D eigenvalue weighted by molar-refractivity contribution is 5.88. The fourth-order valence-corrected chi connectivity index (χ4v) is 2.98. The molecule has 2 N–H and O–H groups in total. The Labute approximate surface area is 148 Å². The van der Waals surface area contributed by atoms with Crippen LogP contribution in [-0.4, -0.2) is 53.1 Å². The maximum Gasteiger partial charge on any atom is 0.320 e. The second-order valence-corrected chi connectivity index (χ2v) is 6.34. The van der Waals surface area contributed by atoms with E-state index in [1.807, 2.05) is 19.1 Å². The third-order valence-electron chi connectivity index (χ3n) is 4.21. The van der Waals surface area contributed by atoms with Gasteiger partial charge in [0.25, 0.3) is 0 Å². The molecule has 134 valence electrons. The van der Waals surface area contributed by atoms with Crippen LogP contribution in [0.5, 0.6) is 0 Å². The van der Waals surface area contributed by atoms with Crippen LogP contribution in [0.15, 0.2) is 36.4 Å². The van der Waals surface area contributed by atoms with E-state index in [1.165, 1.54) is 5.56 Å². The number of hydrogen-bond donors (Lipinski definition) is 2. The van der Waals surface area contributed by atoms with Crippen LogP contribution in [0, 0.1) is 6.92 Å². The van der Waals surface area contributed by atoms with E-state index in [0.717, 1.165) is 25.3 Å². The minimum atomic E-state index is -0.244. The topological polar surface area (TPSA) is 71.4 Å². The van der Waals surface area contributed by atoms with Gasteiger partial charge in [-0.05, 0) is 12.5 Å². The number of amides is 2. The number of nitrogens with one attached hydrogen (secondary N) is 2. The van der Waals surface area contributed by atoms with Crippen LogP contribution in [0.4, 0.5) is 10.6 Å². The molecule has 1 fully saturated rings. The number of ether oxygens (including phenoxy) is 1. The quantitative estimate of drug-likeness (QED) is 0.868. The molecule has 1 aromatic heterocycles. The molecule has 0 bridgehead atoms. The average Bonchev–Trinajstić information content (AvgIpc) is 2.91. The SMILES string of the molecule is Cc1cc(NC(=O)NC[C@@H]2CN(Cc3ccccc3)CCO2)n(C)n1. The van der Waals surface area contributed by atoms with Crippen molar-refractivity contribution in [2.24, 2.45) is 7.05 Å². The minimum Gasteiger partial charge on any atom is -0.374 e. The second-order valence-electron chi connectivity index (χ2n) is 6.34. The van der Waals surface area contributed by atoms with Gasteiger partial charge < -0.3 is 10.1 Å². The van der Waals surface area contributed by atoms with E-state index in [-0.39, 0.29) is 12.1 Å². The lowest BCUT2D eigenvalue weighted by Gasteiger charge is -2.33. The number of aryl methyl sites for hydroxylation is 2. The Morgan fingerprint density at radius 2 is 2.16 bits per heavy atom. The lowest BCUT2D eigenvalue weighted by atomic mass is 10.2. The first-order valence-corrected chi connectivity index (χ1v) is 8.53. The first kappa shape index (κ1) is 17.4. The van der Waals surface area contributed by atoms with Gasteiger partial charge in [-0.25, -0.2) is 4.79 Å². The van der Waals surface area contributed by atoms with Crippen molar-refractivity contribution in [1.29, 1.82) is 0 Å². The number of hydrogen-bond acceptors (Lipinski definition) is 4. The van der Waals surface area contributed by atoms with E-state index in [4.69, 9.17) is 4.74 Å². The summed E-state index contributed by atoms with van der Waals surface area (Å²) in [5.41, 5.74) is 2.16. The monoisotopic (exact) mass is 343 g/mol. The highest BCUT2D eigenvalue weighted by Gasteiger charge is 2.21. The smallest absolute Gasteiger partial charge is 0.320 e. The highest BCUT2D eigenvalue weighted by atomic mass is 16.5. The van der Waals surface area contributed by atoms with Crippen LogP contribution < -0.4 is 10.6 Å². The number of carbonyl (C=O) groups excluding carboxylic acids is 1. The van der Waals surface area contributed by atoms with Gasteiger partial charge in [-0.1, -0.05) is 30.3 Å². The predicted molar refractivity (Wildman–Crippen MR) is 96.4 cm³/mol. The van der Waals surface area contributed by atoms with Crippen molar-refractivity contribution in [2.75, 3.05) is 31.6 Å². The third-order valence-corrected chi connectivity index (χ3v) is 4.21. The Kier molecular flexibility index (Phi) is 5.67. The van der Waals surface area contributed by atoms with Crippen molar-refractivity contribution in [1.82, 2.24) is 20.0 Å². The first-order chi connectivity index (χ1) is 12.1. The summed E-state index contributed by atoms with van der Waals surface area (Å²) < 4.78 is 7.42. The highest BCUT2D eigenvalue weighted by Crippen LogP contribution is 2.11. The number of benzene rings is 1. The first-order valence-electron chi connectivity index (χ1n) is 8.53. The summed E-state index contributed by atoms with van der Waals surface area (Å²) >= 11 is 0. The summed E-state index contributed by atoms with van der Waals surface area (Å²) in [4.78, 5) is 14.4. The lowest BCUT2D eigenvalue weighted by molar-refractivity contribution is -0.0285. The molecule has 0 unspecified atom stereocenters. The van der Waals surface area contributed by atoms with Crippen LogP contribution in [0.25, 0.3) is 0 Å². The normalized spacial score (nSPS) is 18.1. The molecule has 1 atom stereocenters. The second kappa shape index (κ2) is 8.13. The molecule has 0 saturated carbocycles. The molecule has 2 heterocycles. The Hall–Kier alpha value is -2.38. The van der Waals surface area contributed by atoms with E-state index in [2.05, 4.69) is 44.9 Å². The van der Waals surface area contributed by atoms with Gasteiger partial charge in [0.05, 0.1) is 18.4 Å². The number of carbonyl (C=O) groups is 1. The van der Waals surface area contributed by atoms with Crippen LogP contribution in [0.3, 0.4) is 0 Å². The molecular formula is C18H25N5O2. The molecule has 2 aromatic rings. The number of urea groups is 1. The number of aromatic nitrogens is 2. The number of nitrogens with zero attached hydrogens (tertiary/aromatic N) is 3. The van der Waals surface area contributed by atoms with Gasteiger partial charge in [0.1, 0.15) is 5.82 Å². The van der Waals surface area contributed by atoms with Crippen molar-refractivity contribution in [3.63, 3.8) is 0 Å². The van der Waals surface area contributed by atoms with Gasteiger partial charge in [0, 0.05) is 39.3 Å². The van der Waals surface area contributed by atoms with Gasteiger partial charge >= 0.3 is 6.03 Å². The van der Waals surface area contributed by atoms with Crippen molar-refractivity contribution >= 4 is 11.8 Å². The van der Waals surface area contributed by atoms with E-state index < -0.39 is 0 Å². The third kappa shape index (κ3) is 5.04. The Bertz CT molecular complexity index is 701. The number of rotatable bonds is 5. The summed E-state index contributed by atoms with van der Waals surface area (Å²) in [6, 6.07) is 12.0. The average molecular weight is 343 g/mol. The predicted octanol–water partition coefficient (Wildman–Crippen LogP) is 1.75. The van der Waals surface area contributed by atoms with Gasteiger partial charge in [0.15, 0.2) is 0 Å². The van der Waals surface area contributed by atoms with Gasteiger partial charge in [-0.3, -0.25) is 14.9 Å². The van der Waals surface area contributed by atoms with Crippen molar-refractivity contribution in [3.8, 4) is 0 Å². The molecule has 7 heteroatoms. The fraction of sp³-hybridized carbons (Fsp3) is 0.444. The number of anilines is 1. The molecule has 1 saturated heterocycles. The standard InChI is InChI=1S/C18H25N5O2/c1-14-10-17(22(2)21-14)20-18(24)19-11-16-13-23(8-9-25-16)12-15-6-4-3-5-7-15/h3-7,10,16H,8-9,11-13H2,1-2H3,(H2,19,20,24)/t16-/m1/s1. The largest absolute Gasteiger partial charge is 0.374 e. The molecule has 3 rings (SSSR count). The fourth-order valence-electron chi connectivity index (χ4n) is 2.98. The van der Waals surface area contributed by atoms with E-state index in [9.17, 15) is 4.79 Å². The van der Waals surface area contributed by atoms with Gasteiger partial charge in [-0.15, -0.1) is 0 Å². The molecule has 0 spiro atoms. The minimum absolute atomic E-state index is 0.00325. The molecule has 1 aliphatic heterocycles. The van der Waals surface area contributed by atoms with Crippen molar-refractivity contribution in [3.05, 3.63) is 47.7 Å². The maximum atomic E-state index is 12.1. The van der Waals surface area contributed by atoms with E-state index in [0.29, 0.717) is 19.0 Å². The molecule has 1 aliphatic rings. The van der Waals surface area contributed by atoms with E-state index >= 15 is 0 Å². The molecular weight excluding hydrogens is 318 g/mol. The summed E-state index contributed by atoms with van der Waals surface area (Å²) in [6.45, 7) is 5.67. The summed E-state index contributed by atoms with van der Waals surface area (Å²) in [6.07, 6.45) is -0.00325. The maximum absolute atomic E-state index is 12.1. The van der Waals surface area contributed by atoms with Gasteiger partial charge in [-0.2, -0.15) is 5.10 Å². The summed E-state index contributed by atoms with van der Waals surface area (Å²) in [5.74, 6) is 0.672. The van der Waals surface area contributed by atoms with Crippen LogP contribution in [-0.2, 0) is 18.3 Å². The molecule has 7 nitrogen and oxygen atoms in total. The van der Waals surface area contributed by atoms with Crippen LogP contribution in [0.1, 0.15) is 11.3 Å². The molecule has 1 aromatic carbocycles.